The maximum atomic E-state index is 5.96. The standard InChI is InChI=1S/C18H18N4O2/c1-2-6-13-12(5-1)19-10-14(20-13)16-21-17(24-22-16)15-9-18(11-23-15)7-3-4-8-18/h1-2,5-6,10,15H,3-4,7-9,11H2. The van der Waals surface area contributed by atoms with E-state index < -0.39 is 0 Å². The molecule has 0 amide bonds. The highest BCUT2D eigenvalue weighted by Gasteiger charge is 2.44. The average Bonchev–Trinajstić information content (AvgIpc) is 3.36. The molecule has 2 aromatic heterocycles. The lowest BCUT2D eigenvalue weighted by atomic mass is 9.84. The maximum Gasteiger partial charge on any atom is 0.256 e. The quantitative estimate of drug-likeness (QED) is 0.716. The normalized spacial score (nSPS) is 22.6. The van der Waals surface area contributed by atoms with Crippen LogP contribution in [0.3, 0.4) is 0 Å². The third kappa shape index (κ3) is 2.29. The Labute approximate surface area is 139 Å². The molecule has 0 bridgehead atoms. The zero-order chi connectivity index (χ0) is 16.0. The second-order valence-electron chi connectivity index (χ2n) is 6.91. The molecule has 0 N–H and O–H groups in total. The van der Waals surface area contributed by atoms with Crippen LogP contribution in [0.5, 0.6) is 0 Å². The summed E-state index contributed by atoms with van der Waals surface area (Å²) in [5, 5.41) is 4.08. The molecule has 3 aromatic rings. The Balaban J connectivity index is 1.42. The summed E-state index contributed by atoms with van der Waals surface area (Å²) in [7, 11) is 0. The Hall–Kier alpha value is -2.34. The van der Waals surface area contributed by atoms with Crippen LogP contribution in [0.15, 0.2) is 35.0 Å². The van der Waals surface area contributed by atoms with Gasteiger partial charge in [0.15, 0.2) is 0 Å². The van der Waals surface area contributed by atoms with Crippen LogP contribution in [-0.4, -0.2) is 26.7 Å². The van der Waals surface area contributed by atoms with Crippen LogP contribution >= 0.6 is 0 Å². The number of hydrogen-bond donors (Lipinski definition) is 0. The molecule has 1 saturated carbocycles. The van der Waals surface area contributed by atoms with Crippen LogP contribution in [0.2, 0.25) is 0 Å². The molecule has 1 aliphatic heterocycles. The van der Waals surface area contributed by atoms with Gasteiger partial charge < -0.3 is 9.26 Å². The number of ether oxygens (including phenoxy) is 1. The lowest BCUT2D eigenvalue weighted by Gasteiger charge is -2.18. The summed E-state index contributed by atoms with van der Waals surface area (Å²) in [4.78, 5) is 13.5. The van der Waals surface area contributed by atoms with Gasteiger partial charge >= 0.3 is 0 Å². The molecule has 3 heterocycles. The summed E-state index contributed by atoms with van der Waals surface area (Å²) >= 11 is 0. The Bertz CT molecular complexity index is 885. The Kier molecular flexibility index (Phi) is 3.13. The second kappa shape index (κ2) is 5.34. The molecule has 1 saturated heterocycles. The Morgan fingerprint density at radius 1 is 1.04 bits per heavy atom. The molecular formula is C18H18N4O2. The Morgan fingerprint density at radius 2 is 1.88 bits per heavy atom. The van der Waals surface area contributed by atoms with Crippen molar-refractivity contribution in [3.05, 3.63) is 36.4 Å². The number of para-hydroxylation sites is 2. The highest BCUT2D eigenvalue weighted by molar-refractivity contribution is 5.75. The molecule has 1 aliphatic carbocycles. The summed E-state index contributed by atoms with van der Waals surface area (Å²) in [5.41, 5.74) is 2.63. The van der Waals surface area contributed by atoms with Crippen LogP contribution in [0, 0.1) is 5.41 Å². The lowest BCUT2D eigenvalue weighted by Crippen LogP contribution is -2.15. The predicted octanol–water partition coefficient (Wildman–Crippen LogP) is 3.70. The molecule has 6 nitrogen and oxygen atoms in total. The topological polar surface area (TPSA) is 73.9 Å². The number of rotatable bonds is 2. The summed E-state index contributed by atoms with van der Waals surface area (Å²) < 4.78 is 11.4. The second-order valence-corrected chi connectivity index (χ2v) is 6.91. The van der Waals surface area contributed by atoms with Crippen molar-refractivity contribution in [2.45, 2.75) is 38.2 Å². The van der Waals surface area contributed by atoms with Crippen LogP contribution < -0.4 is 0 Å². The van der Waals surface area contributed by atoms with Gasteiger partial charge in [-0.25, -0.2) is 4.98 Å². The van der Waals surface area contributed by atoms with Crippen molar-refractivity contribution >= 4 is 11.0 Å². The molecule has 1 spiro atoms. The third-order valence-corrected chi connectivity index (χ3v) is 5.27. The van der Waals surface area contributed by atoms with Crippen molar-refractivity contribution in [3.8, 4) is 11.5 Å². The number of hydrogen-bond acceptors (Lipinski definition) is 6. The van der Waals surface area contributed by atoms with Crippen molar-refractivity contribution in [2.24, 2.45) is 5.41 Å². The average molecular weight is 322 g/mol. The van der Waals surface area contributed by atoms with Gasteiger partial charge in [0.2, 0.25) is 5.82 Å². The van der Waals surface area contributed by atoms with E-state index in [4.69, 9.17) is 9.26 Å². The number of benzene rings is 1. The fourth-order valence-electron chi connectivity index (χ4n) is 3.96. The van der Waals surface area contributed by atoms with Gasteiger partial charge in [-0.15, -0.1) is 0 Å². The largest absolute Gasteiger partial charge is 0.368 e. The summed E-state index contributed by atoms with van der Waals surface area (Å²) in [6.45, 7) is 0.811. The summed E-state index contributed by atoms with van der Waals surface area (Å²) in [5.74, 6) is 1.03. The van der Waals surface area contributed by atoms with Crippen molar-refractivity contribution < 1.29 is 9.26 Å². The van der Waals surface area contributed by atoms with E-state index in [9.17, 15) is 0 Å². The van der Waals surface area contributed by atoms with Gasteiger partial charge in [-0.05, 0) is 36.8 Å². The first-order valence-corrected chi connectivity index (χ1v) is 8.49. The van der Waals surface area contributed by atoms with E-state index in [0.29, 0.717) is 22.8 Å². The molecule has 5 rings (SSSR count). The van der Waals surface area contributed by atoms with E-state index in [1.54, 1.807) is 6.20 Å². The Morgan fingerprint density at radius 3 is 2.75 bits per heavy atom. The van der Waals surface area contributed by atoms with Gasteiger partial charge in [-0.2, -0.15) is 4.98 Å². The predicted molar refractivity (Wildman–Crippen MR) is 87.0 cm³/mol. The van der Waals surface area contributed by atoms with E-state index in [2.05, 4.69) is 20.1 Å². The molecule has 0 radical (unpaired) electrons. The maximum absolute atomic E-state index is 5.96. The van der Waals surface area contributed by atoms with Gasteiger partial charge in [-0.3, -0.25) is 4.98 Å². The zero-order valence-electron chi connectivity index (χ0n) is 13.3. The highest BCUT2D eigenvalue weighted by atomic mass is 16.5. The van der Waals surface area contributed by atoms with E-state index in [0.717, 1.165) is 24.1 Å². The molecule has 2 fully saturated rings. The van der Waals surface area contributed by atoms with Crippen LogP contribution in [0.25, 0.3) is 22.6 Å². The monoisotopic (exact) mass is 322 g/mol. The van der Waals surface area contributed by atoms with Gasteiger partial charge in [-0.1, -0.05) is 30.1 Å². The molecule has 1 atom stereocenters. The minimum Gasteiger partial charge on any atom is -0.368 e. The van der Waals surface area contributed by atoms with Gasteiger partial charge in [0, 0.05) is 0 Å². The molecule has 2 aliphatic rings. The molecule has 1 unspecified atom stereocenters. The van der Waals surface area contributed by atoms with Gasteiger partial charge in [0.05, 0.1) is 23.8 Å². The van der Waals surface area contributed by atoms with Gasteiger partial charge in [0.25, 0.3) is 5.89 Å². The first-order chi connectivity index (χ1) is 11.8. The van der Waals surface area contributed by atoms with Crippen LogP contribution in [-0.2, 0) is 4.74 Å². The molecule has 1 aromatic carbocycles. The number of fused-ring (bicyclic) bond motifs is 1. The SMILES string of the molecule is c1ccc2nc(-c3noc(C4CC5(CCCC5)CO4)n3)cnc2c1. The van der Waals surface area contributed by atoms with Crippen molar-refractivity contribution in [2.75, 3.05) is 6.61 Å². The molecule has 24 heavy (non-hydrogen) atoms. The minimum atomic E-state index is -0.0854. The van der Waals surface area contributed by atoms with E-state index in [1.165, 1.54) is 25.7 Å². The highest BCUT2D eigenvalue weighted by Crippen LogP contribution is 2.50. The summed E-state index contributed by atoms with van der Waals surface area (Å²) in [6, 6.07) is 7.74. The van der Waals surface area contributed by atoms with E-state index in [-0.39, 0.29) is 6.10 Å². The number of aromatic nitrogens is 4. The van der Waals surface area contributed by atoms with Crippen molar-refractivity contribution in [3.63, 3.8) is 0 Å². The first-order valence-electron chi connectivity index (χ1n) is 8.49. The van der Waals surface area contributed by atoms with Crippen molar-refractivity contribution in [1.82, 2.24) is 20.1 Å². The molecule has 122 valence electrons. The van der Waals surface area contributed by atoms with E-state index >= 15 is 0 Å². The lowest BCUT2D eigenvalue weighted by molar-refractivity contribution is 0.0735. The van der Waals surface area contributed by atoms with Crippen LogP contribution in [0.4, 0.5) is 0 Å². The molecule has 6 heteroatoms. The van der Waals surface area contributed by atoms with Crippen molar-refractivity contribution in [1.29, 1.82) is 0 Å². The zero-order valence-corrected chi connectivity index (χ0v) is 13.3. The smallest absolute Gasteiger partial charge is 0.256 e. The first kappa shape index (κ1) is 14.0. The third-order valence-electron chi connectivity index (χ3n) is 5.27. The van der Waals surface area contributed by atoms with Crippen LogP contribution in [0.1, 0.15) is 44.1 Å². The molecular weight excluding hydrogens is 304 g/mol. The van der Waals surface area contributed by atoms with E-state index in [1.807, 2.05) is 24.3 Å². The minimum absolute atomic E-state index is 0.0854. The summed E-state index contributed by atoms with van der Waals surface area (Å²) in [6.07, 6.45) is 7.69. The van der Waals surface area contributed by atoms with Gasteiger partial charge in [0.1, 0.15) is 11.8 Å². The fourth-order valence-corrected chi connectivity index (χ4v) is 3.96. The number of nitrogens with zero attached hydrogens (tertiary/aromatic N) is 4. The fraction of sp³-hybridized carbons (Fsp3) is 0.444.